The minimum absolute atomic E-state index is 0.0389. The van der Waals surface area contributed by atoms with Crippen LogP contribution in [0.1, 0.15) is 28.8 Å². The quantitative estimate of drug-likeness (QED) is 0.596. The highest BCUT2D eigenvalue weighted by Crippen LogP contribution is 2.20. The summed E-state index contributed by atoms with van der Waals surface area (Å²) in [6.07, 6.45) is 0.0779. The lowest BCUT2D eigenvalue weighted by Crippen LogP contribution is -2.32. The Morgan fingerprint density at radius 1 is 1.25 bits per heavy atom. The summed E-state index contributed by atoms with van der Waals surface area (Å²) in [5, 5.41) is 0.480. The van der Waals surface area contributed by atoms with Crippen molar-refractivity contribution >= 4 is 24.3 Å². The lowest BCUT2D eigenvalue weighted by molar-refractivity contribution is -0.172. The van der Waals surface area contributed by atoms with Crippen molar-refractivity contribution in [3.63, 3.8) is 0 Å². The van der Waals surface area contributed by atoms with Gasteiger partial charge >= 0.3 is 5.97 Å². The summed E-state index contributed by atoms with van der Waals surface area (Å²) in [6.45, 7) is 1.92. The van der Waals surface area contributed by atoms with E-state index in [-0.39, 0.29) is 24.9 Å². The lowest BCUT2D eigenvalue weighted by atomic mass is 10.1. The van der Waals surface area contributed by atoms with Gasteiger partial charge in [0.05, 0.1) is 5.56 Å². The summed E-state index contributed by atoms with van der Waals surface area (Å²) < 4.78 is 4.69. The first kappa shape index (κ1) is 13.7. The van der Waals surface area contributed by atoms with Crippen molar-refractivity contribution in [1.29, 1.82) is 0 Å². The first-order chi connectivity index (χ1) is 9.52. The summed E-state index contributed by atoms with van der Waals surface area (Å²) in [7, 11) is 0. The molecule has 1 aliphatic heterocycles. The molecule has 0 aliphatic carbocycles. The Kier molecular flexibility index (Phi) is 3.79. The van der Waals surface area contributed by atoms with Crippen molar-refractivity contribution in [2.75, 3.05) is 0 Å². The Bertz CT molecular complexity index is 579. The van der Waals surface area contributed by atoms with Crippen LogP contribution >= 0.6 is 0 Å². The van der Waals surface area contributed by atoms with Crippen LogP contribution in [0.5, 0.6) is 5.75 Å². The van der Waals surface area contributed by atoms with E-state index in [0.717, 1.165) is 0 Å². The summed E-state index contributed by atoms with van der Waals surface area (Å²) in [5.74, 6) is -1.60. The number of rotatable bonds is 4. The second kappa shape index (κ2) is 5.52. The molecular formula is C13H11NO6. The molecule has 0 N–H and O–H groups in total. The molecule has 0 radical (unpaired) electrons. The summed E-state index contributed by atoms with van der Waals surface area (Å²) >= 11 is 0. The van der Waals surface area contributed by atoms with Crippen molar-refractivity contribution in [2.24, 2.45) is 0 Å². The molecule has 1 aromatic carbocycles. The van der Waals surface area contributed by atoms with Crippen LogP contribution in [-0.4, -0.2) is 29.3 Å². The molecular weight excluding hydrogens is 266 g/mol. The molecule has 1 aromatic rings. The number of hydrogen-bond donors (Lipinski definition) is 0. The van der Waals surface area contributed by atoms with Gasteiger partial charge in [0.2, 0.25) is 0 Å². The fourth-order valence-corrected chi connectivity index (χ4v) is 1.75. The van der Waals surface area contributed by atoms with Crippen LogP contribution in [0.25, 0.3) is 0 Å². The third kappa shape index (κ3) is 2.66. The number of hydrogen-bond acceptors (Lipinski definition) is 6. The third-order valence-corrected chi connectivity index (χ3v) is 2.77. The van der Waals surface area contributed by atoms with Crippen LogP contribution in [0.2, 0.25) is 0 Å². The van der Waals surface area contributed by atoms with E-state index in [1.807, 2.05) is 0 Å². The second-order valence-electron chi connectivity index (χ2n) is 4.15. The van der Waals surface area contributed by atoms with Crippen LogP contribution in [-0.2, 0) is 19.2 Å². The number of hydroxylamine groups is 2. The normalized spacial score (nSPS) is 14.3. The first-order valence-electron chi connectivity index (χ1n) is 5.82. The molecule has 7 nitrogen and oxygen atoms in total. The Balaban J connectivity index is 2.13. The van der Waals surface area contributed by atoms with Gasteiger partial charge in [0.15, 0.2) is 0 Å². The predicted octanol–water partition coefficient (Wildman–Crippen LogP) is 0.751. The molecule has 0 aromatic heterocycles. The van der Waals surface area contributed by atoms with Gasteiger partial charge < -0.3 is 9.57 Å². The molecule has 0 unspecified atom stereocenters. The van der Waals surface area contributed by atoms with Crippen molar-refractivity contribution in [1.82, 2.24) is 5.06 Å². The second-order valence-corrected chi connectivity index (χ2v) is 4.15. The van der Waals surface area contributed by atoms with Crippen LogP contribution in [0.3, 0.4) is 0 Å². The summed E-state index contributed by atoms with van der Waals surface area (Å²) in [4.78, 5) is 49.5. The largest absolute Gasteiger partial charge is 0.428 e. The molecule has 0 spiro atoms. The maximum absolute atomic E-state index is 11.8. The SMILES string of the molecule is Cc1cc(C(=O)ON2C(=O)CCC2=O)ccc1OC=O. The number of carbonyl (C=O) groups excluding carboxylic acids is 4. The van der Waals surface area contributed by atoms with Crippen molar-refractivity contribution in [3.05, 3.63) is 29.3 Å². The van der Waals surface area contributed by atoms with Gasteiger partial charge in [-0.25, -0.2) is 4.79 Å². The van der Waals surface area contributed by atoms with Crippen molar-refractivity contribution < 1.29 is 28.8 Å². The number of ether oxygens (including phenoxy) is 1. The highest BCUT2D eigenvalue weighted by Gasteiger charge is 2.33. The number of benzene rings is 1. The summed E-state index contributed by atoms with van der Waals surface area (Å²) in [5.41, 5.74) is 0.693. The molecule has 104 valence electrons. The fraction of sp³-hybridized carbons (Fsp3) is 0.231. The highest BCUT2D eigenvalue weighted by atomic mass is 16.7. The molecule has 0 atom stereocenters. The Morgan fingerprint density at radius 2 is 1.90 bits per heavy atom. The number of nitrogens with zero attached hydrogens (tertiary/aromatic N) is 1. The zero-order chi connectivity index (χ0) is 14.7. The van der Waals surface area contributed by atoms with E-state index in [9.17, 15) is 19.2 Å². The zero-order valence-electron chi connectivity index (χ0n) is 10.6. The third-order valence-electron chi connectivity index (χ3n) is 2.77. The molecule has 0 bridgehead atoms. The van der Waals surface area contributed by atoms with Gasteiger partial charge in [0.25, 0.3) is 18.3 Å². The minimum Gasteiger partial charge on any atom is -0.428 e. The Labute approximate surface area is 114 Å². The molecule has 0 saturated carbocycles. The lowest BCUT2D eigenvalue weighted by Gasteiger charge is -2.13. The maximum Gasteiger partial charge on any atom is 0.363 e. The average Bonchev–Trinajstić information content (AvgIpc) is 2.73. The van der Waals surface area contributed by atoms with E-state index >= 15 is 0 Å². The van der Waals surface area contributed by atoms with Crippen molar-refractivity contribution in [2.45, 2.75) is 19.8 Å². The Hall–Kier alpha value is -2.70. The van der Waals surface area contributed by atoms with Gasteiger partial charge in [0, 0.05) is 12.8 Å². The van der Waals surface area contributed by atoms with E-state index in [0.29, 0.717) is 16.4 Å². The molecule has 1 saturated heterocycles. The van der Waals surface area contributed by atoms with Gasteiger partial charge in [-0.2, -0.15) is 0 Å². The van der Waals surface area contributed by atoms with Crippen molar-refractivity contribution in [3.8, 4) is 5.75 Å². The highest BCUT2D eigenvalue weighted by molar-refractivity contribution is 6.02. The van der Waals surface area contributed by atoms with Crippen LogP contribution in [0.15, 0.2) is 18.2 Å². The monoisotopic (exact) mass is 277 g/mol. The first-order valence-corrected chi connectivity index (χ1v) is 5.82. The van der Waals surface area contributed by atoms with E-state index in [2.05, 4.69) is 4.74 Å². The molecule has 1 fully saturated rings. The smallest absolute Gasteiger partial charge is 0.363 e. The molecule has 1 aliphatic rings. The van der Waals surface area contributed by atoms with E-state index < -0.39 is 17.8 Å². The number of aryl methyl sites for hydroxylation is 1. The standard InChI is InChI=1S/C13H11NO6/c1-8-6-9(2-3-10(8)19-7-15)13(18)20-14-11(16)4-5-12(14)17/h2-3,6-7H,4-5H2,1H3. The van der Waals surface area contributed by atoms with Crippen LogP contribution in [0, 0.1) is 6.92 Å². The van der Waals surface area contributed by atoms with Gasteiger partial charge in [-0.3, -0.25) is 14.4 Å². The van der Waals surface area contributed by atoms with E-state index in [4.69, 9.17) is 4.84 Å². The molecule has 2 rings (SSSR count). The molecule has 7 heteroatoms. The topological polar surface area (TPSA) is 90.0 Å². The van der Waals surface area contributed by atoms with Gasteiger partial charge in [-0.05, 0) is 30.7 Å². The average molecular weight is 277 g/mol. The van der Waals surface area contributed by atoms with Gasteiger partial charge in [0.1, 0.15) is 5.75 Å². The van der Waals surface area contributed by atoms with Gasteiger partial charge in [-0.15, -0.1) is 5.06 Å². The number of imide groups is 1. The maximum atomic E-state index is 11.8. The number of amides is 2. The number of carbonyl (C=O) groups is 4. The molecule has 1 heterocycles. The minimum atomic E-state index is -0.825. The van der Waals surface area contributed by atoms with Crippen LogP contribution < -0.4 is 4.74 Å². The molecule has 20 heavy (non-hydrogen) atoms. The van der Waals surface area contributed by atoms with E-state index in [1.54, 1.807) is 6.92 Å². The predicted molar refractivity (Wildman–Crippen MR) is 64.4 cm³/mol. The van der Waals surface area contributed by atoms with Crippen LogP contribution in [0.4, 0.5) is 0 Å². The van der Waals surface area contributed by atoms with E-state index in [1.165, 1.54) is 18.2 Å². The zero-order valence-corrected chi connectivity index (χ0v) is 10.6. The fourth-order valence-electron chi connectivity index (χ4n) is 1.75. The summed E-state index contributed by atoms with van der Waals surface area (Å²) in [6, 6.07) is 4.24. The Morgan fingerprint density at radius 3 is 2.45 bits per heavy atom. The van der Waals surface area contributed by atoms with Gasteiger partial charge in [-0.1, -0.05) is 0 Å². The molecule has 2 amide bonds.